The molecule has 28 heavy (non-hydrogen) atoms. The van der Waals surface area contributed by atoms with E-state index >= 15 is 0 Å². The van der Waals surface area contributed by atoms with E-state index in [-0.39, 0.29) is 5.91 Å². The van der Waals surface area contributed by atoms with Gasteiger partial charge in [0.25, 0.3) is 11.8 Å². The third kappa shape index (κ3) is 3.84. The maximum absolute atomic E-state index is 12.5. The van der Waals surface area contributed by atoms with Crippen molar-refractivity contribution in [2.45, 2.75) is 13.3 Å². The Morgan fingerprint density at radius 3 is 2.75 bits per heavy atom. The minimum atomic E-state index is -0.0396. The number of aryl methyl sites for hydroxylation is 1. The summed E-state index contributed by atoms with van der Waals surface area (Å²) >= 11 is 3.37. The van der Waals surface area contributed by atoms with Crippen LogP contribution in [0.5, 0.6) is 0 Å². The van der Waals surface area contributed by atoms with E-state index in [0.29, 0.717) is 30.2 Å². The van der Waals surface area contributed by atoms with Crippen LogP contribution in [0.3, 0.4) is 0 Å². The van der Waals surface area contributed by atoms with Gasteiger partial charge in [-0.2, -0.15) is 4.98 Å². The normalized spacial score (nSPS) is 11.1. The lowest BCUT2D eigenvalue weighted by atomic mass is 10.2. The average molecular weight is 439 g/mol. The van der Waals surface area contributed by atoms with Crippen molar-refractivity contribution in [2.24, 2.45) is 0 Å². The van der Waals surface area contributed by atoms with Crippen LogP contribution in [-0.2, 0) is 6.42 Å². The van der Waals surface area contributed by atoms with E-state index in [2.05, 4.69) is 50.1 Å². The Morgan fingerprint density at radius 2 is 1.96 bits per heavy atom. The van der Waals surface area contributed by atoms with Crippen LogP contribution in [-0.4, -0.2) is 39.5 Å². The minimum absolute atomic E-state index is 0.0396. The molecule has 0 atom stereocenters. The van der Waals surface area contributed by atoms with Gasteiger partial charge in [0.2, 0.25) is 0 Å². The van der Waals surface area contributed by atoms with Crippen molar-refractivity contribution in [2.75, 3.05) is 13.6 Å². The molecule has 0 fully saturated rings. The van der Waals surface area contributed by atoms with Crippen molar-refractivity contribution in [1.29, 1.82) is 0 Å². The lowest BCUT2D eigenvalue weighted by Gasteiger charge is -2.16. The number of nitrogens with zero attached hydrogens (tertiary/aromatic N) is 3. The van der Waals surface area contributed by atoms with Crippen LogP contribution in [0.1, 0.15) is 21.7 Å². The molecule has 6 nitrogen and oxygen atoms in total. The summed E-state index contributed by atoms with van der Waals surface area (Å²) in [5.41, 5.74) is 3.66. The van der Waals surface area contributed by atoms with Crippen LogP contribution < -0.4 is 0 Å². The fraction of sp³-hybridized carbons (Fsp3) is 0.190. The number of rotatable bonds is 5. The number of benzene rings is 2. The zero-order chi connectivity index (χ0) is 19.7. The van der Waals surface area contributed by atoms with Gasteiger partial charge in [-0.05, 0) is 49.4 Å². The molecule has 0 saturated heterocycles. The summed E-state index contributed by atoms with van der Waals surface area (Å²) in [6, 6.07) is 15.5. The number of fused-ring (bicyclic) bond motifs is 1. The van der Waals surface area contributed by atoms with Crippen molar-refractivity contribution in [3.05, 3.63) is 70.0 Å². The van der Waals surface area contributed by atoms with E-state index in [1.165, 1.54) is 5.56 Å². The Hall–Kier alpha value is -2.93. The standard InChI is InChI=1S/C21H19BrN4O2/c1-13-3-8-17-15(11-13)12-18(23-17)20-24-19(25-28-20)9-10-26(2)21(27)14-4-6-16(22)7-5-14/h3-8,11-12,23H,9-10H2,1-2H3. The Balaban J connectivity index is 1.42. The first-order valence-electron chi connectivity index (χ1n) is 8.93. The summed E-state index contributed by atoms with van der Waals surface area (Å²) in [6.45, 7) is 2.56. The minimum Gasteiger partial charge on any atom is -0.351 e. The predicted molar refractivity (Wildman–Crippen MR) is 111 cm³/mol. The van der Waals surface area contributed by atoms with Gasteiger partial charge in [0.15, 0.2) is 5.82 Å². The van der Waals surface area contributed by atoms with Gasteiger partial charge in [0.05, 0.1) is 0 Å². The number of hydrogen-bond acceptors (Lipinski definition) is 4. The summed E-state index contributed by atoms with van der Waals surface area (Å²) in [4.78, 5) is 21.9. The second-order valence-electron chi connectivity index (χ2n) is 6.77. The highest BCUT2D eigenvalue weighted by molar-refractivity contribution is 9.10. The molecule has 1 N–H and O–H groups in total. The number of aromatic nitrogens is 3. The molecular weight excluding hydrogens is 420 g/mol. The number of hydrogen-bond donors (Lipinski definition) is 1. The average Bonchev–Trinajstić information content (AvgIpc) is 3.32. The maximum atomic E-state index is 12.5. The number of H-pyrrole nitrogens is 1. The van der Waals surface area contributed by atoms with Crippen LogP contribution >= 0.6 is 15.9 Å². The Morgan fingerprint density at radius 1 is 1.18 bits per heavy atom. The second-order valence-corrected chi connectivity index (χ2v) is 7.69. The van der Waals surface area contributed by atoms with Crippen LogP contribution in [0.15, 0.2) is 57.5 Å². The molecule has 2 aromatic carbocycles. The zero-order valence-corrected chi connectivity index (χ0v) is 17.2. The molecule has 4 rings (SSSR count). The highest BCUT2D eigenvalue weighted by atomic mass is 79.9. The van der Waals surface area contributed by atoms with Crippen LogP contribution in [0.2, 0.25) is 0 Å². The highest BCUT2D eigenvalue weighted by Gasteiger charge is 2.15. The van der Waals surface area contributed by atoms with E-state index in [0.717, 1.165) is 21.1 Å². The SMILES string of the molecule is Cc1ccc2[nH]c(-c3nc(CCN(C)C(=O)c4ccc(Br)cc4)no3)cc2c1. The highest BCUT2D eigenvalue weighted by Crippen LogP contribution is 2.23. The fourth-order valence-corrected chi connectivity index (χ4v) is 3.28. The molecule has 4 aromatic rings. The number of amides is 1. The van der Waals surface area contributed by atoms with E-state index in [4.69, 9.17) is 4.52 Å². The van der Waals surface area contributed by atoms with Gasteiger partial charge >= 0.3 is 0 Å². The molecule has 1 amide bonds. The number of aromatic amines is 1. The van der Waals surface area contributed by atoms with Gasteiger partial charge in [0.1, 0.15) is 5.69 Å². The first-order valence-corrected chi connectivity index (χ1v) is 9.72. The zero-order valence-electron chi connectivity index (χ0n) is 15.6. The number of likely N-dealkylation sites (N-methyl/N-ethyl adjacent to an activating group) is 1. The van der Waals surface area contributed by atoms with E-state index < -0.39 is 0 Å². The van der Waals surface area contributed by atoms with Crippen molar-refractivity contribution in [3.8, 4) is 11.6 Å². The number of carbonyl (C=O) groups is 1. The molecule has 2 aromatic heterocycles. The molecule has 0 unspecified atom stereocenters. The van der Waals surface area contributed by atoms with Gasteiger partial charge in [-0.1, -0.05) is 32.7 Å². The van der Waals surface area contributed by atoms with Gasteiger partial charge in [-0.25, -0.2) is 0 Å². The van der Waals surface area contributed by atoms with Crippen molar-refractivity contribution in [3.63, 3.8) is 0 Å². The van der Waals surface area contributed by atoms with Crippen molar-refractivity contribution in [1.82, 2.24) is 20.0 Å². The molecule has 0 aliphatic rings. The molecule has 0 bridgehead atoms. The van der Waals surface area contributed by atoms with E-state index in [1.54, 1.807) is 24.1 Å². The second kappa shape index (κ2) is 7.59. The smallest absolute Gasteiger partial charge is 0.274 e. The number of nitrogens with one attached hydrogen (secondary N) is 1. The van der Waals surface area contributed by atoms with Crippen LogP contribution in [0, 0.1) is 6.92 Å². The molecule has 0 aliphatic heterocycles. The third-order valence-electron chi connectivity index (χ3n) is 4.58. The molecule has 0 saturated carbocycles. The molecule has 0 aliphatic carbocycles. The van der Waals surface area contributed by atoms with Gasteiger partial charge in [-0.3, -0.25) is 4.79 Å². The van der Waals surface area contributed by atoms with Gasteiger partial charge in [0, 0.05) is 41.0 Å². The Kier molecular flexibility index (Phi) is 5.00. The Bertz CT molecular complexity index is 1130. The molecule has 0 spiro atoms. The van der Waals surface area contributed by atoms with E-state index in [1.807, 2.05) is 24.3 Å². The third-order valence-corrected chi connectivity index (χ3v) is 5.11. The van der Waals surface area contributed by atoms with Gasteiger partial charge < -0.3 is 14.4 Å². The predicted octanol–water partition coefficient (Wildman–Crippen LogP) is 4.60. The fourth-order valence-electron chi connectivity index (χ4n) is 3.01. The summed E-state index contributed by atoms with van der Waals surface area (Å²) in [5.74, 6) is 0.980. The van der Waals surface area contributed by atoms with Crippen molar-refractivity contribution < 1.29 is 9.32 Å². The number of carbonyl (C=O) groups excluding carboxylic acids is 1. The van der Waals surface area contributed by atoms with Crippen LogP contribution in [0.4, 0.5) is 0 Å². The Labute approximate surface area is 170 Å². The molecule has 7 heteroatoms. The molecule has 142 valence electrons. The summed E-state index contributed by atoms with van der Waals surface area (Å²) in [6.07, 6.45) is 0.515. The first kappa shape index (κ1) is 18.4. The molecule has 2 heterocycles. The van der Waals surface area contributed by atoms with Crippen molar-refractivity contribution >= 4 is 32.7 Å². The molecule has 0 radical (unpaired) electrons. The van der Waals surface area contributed by atoms with Gasteiger partial charge in [-0.15, -0.1) is 0 Å². The topological polar surface area (TPSA) is 75.0 Å². The van der Waals surface area contributed by atoms with E-state index in [9.17, 15) is 4.79 Å². The van der Waals surface area contributed by atoms with Crippen LogP contribution in [0.25, 0.3) is 22.5 Å². The quantitative estimate of drug-likeness (QED) is 0.493. The number of halogens is 1. The summed E-state index contributed by atoms with van der Waals surface area (Å²) in [5, 5.41) is 5.15. The first-order chi connectivity index (χ1) is 13.5. The summed E-state index contributed by atoms with van der Waals surface area (Å²) < 4.78 is 6.34. The maximum Gasteiger partial charge on any atom is 0.274 e. The molecular formula is C21H19BrN4O2. The largest absolute Gasteiger partial charge is 0.351 e. The summed E-state index contributed by atoms with van der Waals surface area (Å²) in [7, 11) is 1.77. The lowest BCUT2D eigenvalue weighted by Crippen LogP contribution is -2.29. The lowest BCUT2D eigenvalue weighted by molar-refractivity contribution is 0.0796. The monoisotopic (exact) mass is 438 g/mol.